The molecule has 1 N–H and O–H groups in total. The van der Waals surface area contributed by atoms with E-state index in [1.165, 1.54) is 3.97 Å². The summed E-state index contributed by atoms with van der Waals surface area (Å²) in [6.07, 6.45) is 1.65. The van der Waals surface area contributed by atoms with E-state index < -0.39 is 10.0 Å². The number of halogens is 1. The molecule has 1 aromatic heterocycles. The van der Waals surface area contributed by atoms with Gasteiger partial charge < -0.3 is 10.2 Å². The summed E-state index contributed by atoms with van der Waals surface area (Å²) >= 11 is 0. The van der Waals surface area contributed by atoms with Crippen LogP contribution in [0.2, 0.25) is 0 Å². The van der Waals surface area contributed by atoms with Crippen LogP contribution in [0.3, 0.4) is 0 Å². The van der Waals surface area contributed by atoms with Crippen LogP contribution in [-0.4, -0.2) is 38.6 Å². The van der Waals surface area contributed by atoms with Crippen LogP contribution in [0.4, 0.5) is 5.69 Å². The Bertz CT molecular complexity index is 964. The summed E-state index contributed by atoms with van der Waals surface area (Å²) in [5.74, 6) is 0. The summed E-state index contributed by atoms with van der Waals surface area (Å²) < 4.78 is 27.6. The maximum Gasteiger partial charge on any atom is 0.268 e. The highest BCUT2D eigenvalue weighted by Gasteiger charge is 2.22. The second-order valence-corrected chi connectivity index (χ2v) is 7.70. The molecule has 7 heteroatoms. The lowest BCUT2D eigenvalue weighted by Gasteiger charge is -2.30. The number of rotatable bonds is 3. The minimum absolute atomic E-state index is 0. The number of hydrogen-bond donors (Lipinski definition) is 1. The van der Waals surface area contributed by atoms with E-state index in [0.29, 0.717) is 4.90 Å². The maximum atomic E-state index is 13.1. The molecule has 1 aliphatic rings. The van der Waals surface area contributed by atoms with Gasteiger partial charge in [0.05, 0.1) is 16.1 Å². The molecule has 0 bridgehead atoms. The van der Waals surface area contributed by atoms with Crippen LogP contribution in [0, 0.1) is 0 Å². The standard InChI is InChI=1S/C18H19N3O2S.ClH/c22-24(23,16-6-2-1-3-7-16)21-12-9-15-5-4-8-17(18(15)21)20-13-10-19-11-14-20;/h1-9,12,19H,10-11,13-14H2;1H. The first-order valence-electron chi connectivity index (χ1n) is 8.04. The Morgan fingerprint density at radius 3 is 2.32 bits per heavy atom. The van der Waals surface area contributed by atoms with Crippen molar-refractivity contribution in [2.75, 3.05) is 31.1 Å². The first kappa shape index (κ1) is 17.8. The lowest BCUT2D eigenvalue weighted by molar-refractivity contribution is 0.586. The van der Waals surface area contributed by atoms with Gasteiger partial charge in [-0.3, -0.25) is 0 Å². The molecule has 2 heterocycles. The van der Waals surface area contributed by atoms with Gasteiger partial charge in [0, 0.05) is 37.8 Å². The molecule has 4 rings (SSSR count). The lowest BCUT2D eigenvalue weighted by Crippen LogP contribution is -2.43. The van der Waals surface area contributed by atoms with Crippen molar-refractivity contribution in [3.8, 4) is 0 Å². The number of benzene rings is 2. The van der Waals surface area contributed by atoms with Gasteiger partial charge in [-0.1, -0.05) is 30.3 Å². The van der Waals surface area contributed by atoms with Gasteiger partial charge in [-0.25, -0.2) is 12.4 Å². The molecule has 1 fully saturated rings. The van der Waals surface area contributed by atoms with E-state index in [0.717, 1.165) is 42.8 Å². The molecule has 0 amide bonds. The monoisotopic (exact) mass is 377 g/mol. The third-order valence-electron chi connectivity index (χ3n) is 4.41. The topological polar surface area (TPSA) is 54.3 Å². The summed E-state index contributed by atoms with van der Waals surface area (Å²) in [7, 11) is -3.61. The highest BCUT2D eigenvalue weighted by atomic mass is 35.5. The average Bonchev–Trinajstić information content (AvgIpc) is 3.08. The number of piperazine rings is 1. The Morgan fingerprint density at radius 2 is 1.60 bits per heavy atom. The van der Waals surface area contributed by atoms with Crippen molar-refractivity contribution in [3.05, 3.63) is 60.8 Å². The van der Waals surface area contributed by atoms with Crippen molar-refractivity contribution < 1.29 is 8.42 Å². The minimum atomic E-state index is -3.61. The molecule has 0 spiro atoms. The zero-order valence-corrected chi connectivity index (χ0v) is 15.3. The fraction of sp³-hybridized carbons (Fsp3) is 0.222. The molecule has 0 unspecified atom stereocenters. The van der Waals surface area contributed by atoms with Crippen LogP contribution in [0.15, 0.2) is 65.7 Å². The van der Waals surface area contributed by atoms with E-state index in [9.17, 15) is 8.42 Å². The number of aromatic nitrogens is 1. The zero-order chi connectivity index (χ0) is 16.6. The summed E-state index contributed by atoms with van der Waals surface area (Å²) in [4.78, 5) is 2.55. The predicted molar refractivity (Wildman–Crippen MR) is 103 cm³/mol. The predicted octanol–water partition coefficient (Wildman–Crippen LogP) is 2.71. The van der Waals surface area contributed by atoms with E-state index >= 15 is 0 Å². The first-order valence-corrected chi connectivity index (χ1v) is 9.48. The Hall–Kier alpha value is -2.02. The SMILES string of the molecule is Cl.O=S(=O)(c1ccccc1)n1ccc2cccc(N3CCNCC3)c21. The van der Waals surface area contributed by atoms with Crippen molar-refractivity contribution in [1.29, 1.82) is 0 Å². The van der Waals surface area contributed by atoms with E-state index in [4.69, 9.17) is 0 Å². The van der Waals surface area contributed by atoms with Gasteiger partial charge in [0.15, 0.2) is 0 Å². The fourth-order valence-electron chi connectivity index (χ4n) is 3.21. The van der Waals surface area contributed by atoms with Gasteiger partial charge in [0.2, 0.25) is 0 Å². The van der Waals surface area contributed by atoms with Gasteiger partial charge in [0.1, 0.15) is 0 Å². The van der Waals surface area contributed by atoms with E-state index in [1.807, 2.05) is 30.3 Å². The van der Waals surface area contributed by atoms with Crippen LogP contribution in [0.5, 0.6) is 0 Å². The maximum absolute atomic E-state index is 13.1. The number of nitrogens with zero attached hydrogens (tertiary/aromatic N) is 2. The number of anilines is 1. The highest BCUT2D eigenvalue weighted by Crippen LogP contribution is 2.31. The van der Waals surface area contributed by atoms with Crippen molar-refractivity contribution in [1.82, 2.24) is 9.29 Å². The molecule has 0 aliphatic carbocycles. The lowest BCUT2D eigenvalue weighted by atomic mass is 10.2. The van der Waals surface area contributed by atoms with Crippen LogP contribution in [-0.2, 0) is 10.0 Å². The molecule has 1 saturated heterocycles. The number of para-hydroxylation sites is 1. The van der Waals surface area contributed by atoms with Gasteiger partial charge >= 0.3 is 0 Å². The number of hydrogen-bond acceptors (Lipinski definition) is 4. The van der Waals surface area contributed by atoms with Crippen LogP contribution < -0.4 is 10.2 Å². The third-order valence-corrected chi connectivity index (χ3v) is 6.10. The molecular weight excluding hydrogens is 358 g/mol. The number of nitrogens with one attached hydrogen (secondary N) is 1. The molecule has 0 saturated carbocycles. The second-order valence-electron chi connectivity index (χ2n) is 5.88. The van der Waals surface area contributed by atoms with E-state index in [1.54, 1.807) is 30.5 Å². The zero-order valence-electron chi connectivity index (χ0n) is 13.6. The van der Waals surface area contributed by atoms with Gasteiger partial charge in [-0.15, -0.1) is 12.4 Å². The molecule has 25 heavy (non-hydrogen) atoms. The Morgan fingerprint density at radius 1 is 0.880 bits per heavy atom. The molecular formula is C18H20ClN3O2S. The van der Waals surface area contributed by atoms with E-state index in [-0.39, 0.29) is 12.4 Å². The largest absolute Gasteiger partial charge is 0.367 e. The van der Waals surface area contributed by atoms with Crippen molar-refractivity contribution in [2.45, 2.75) is 4.90 Å². The fourth-order valence-corrected chi connectivity index (χ4v) is 4.60. The molecule has 0 radical (unpaired) electrons. The van der Waals surface area contributed by atoms with Crippen LogP contribution in [0.1, 0.15) is 0 Å². The van der Waals surface area contributed by atoms with E-state index in [2.05, 4.69) is 10.2 Å². The van der Waals surface area contributed by atoms with Crippen LogP contribution in [0.25, 0.3) is 10.9 Å². The van der Waals surface area contributed by atoms with Gasteiger partial charge in [-0.2, -0.15) is 0 Å². The summed E-state index contributed by atoms with van der Waals surface area (Å²) in [5.41, 5.74) is 1.72. The highest BCUT2D eigenvalue weighted by molar-refractivity contribution is 7.90. The Labute approximate surface area is 153 Å². The van der Waals surface area contributed by atoms with Crippen molar-refractivity contribution in [3.63, 3.8) is 0 Å². The molecule has 3 aromatic rings. The molecule has 132 valence electrons. The van der Waals surface area contributed by atoms with Crippen LogP contribution >= 0.6 is 12.4 Å². The van der Waals surface area contributed by atoms with Crippen molar-refractivity contribution >= 4 is 39.0 Å². The van der Waals surface area contributed by atoms with Crippen molar-refractivity contribution in [2.24, 2.45) is 0 Å². The summed E-state index contributed by atoms with van der Waals surface area (Å²) in [6, 6.07) is 16.4. The Kier molecular flexibility index (Phi) is 5.03. The third kappa shape index (κ3) is 3.13. The molecule has 2 aromatic carbocycles. The normalized spacial score (nSPS) is 15.1. The molecule has 5 nitrogen and oxygen atoms in total. The molecule has 0 atom stereocenters. The quantitative estimate of drug-likeness (QED) is 0.762. The van der Waals surface area contributed by atoms with Gasteiger partial charge in [-0.05, 0) is 24.3 Å². The summed E-state index contributed by atoms with van der Waals surface area (Å²) in [6.45, 7) is 3.55. The molecule has 1 aliphatic heterocycles. The smallest absolute Gasteiger partial charge is 0.268 e. The van der Waals surface area contributed by atoms with Gasteiger partial charge in [0.25, 0.3) is 10.0 Å². The number of fused-ring (bicyclic) bond motifs is 1. The summed E-state index contributed by atoms with van der Waals surface area (Å²) in [5, 5.41) is 4.27. The first-order chi connectivity index (χ1) is 11.7. The Balaban J connectivity index is 0.00000182. The average molecular weight is 378 g/mol. The second kappa shape index (κ2) is 7.07. The minimum Gasteiger partial charge on any atom is -0.367 e.